The highest BCUT2D eigenvalue weighted by Crippen LogP contribution is 2.19. The van der Waals surface area contributed by atoms with Crippen LogP contribution in [0.5, 0.6) is 0 Å². The Morgan fingerprint density at radius 1 is 1.00 bits per heavy atom. The van der Waals surface area contributed by atoms with Crippen molar-refractivity contribution < 1.29 is 0 Å². The Balaban J connectivity index is 3.87. The molecule has 0 aliphatic carbocycles. The van der Waals surface area contributed by atoms with E-state index in [0.29, 0.717) is 12.0 Å². The largest absolute Gasteiger partial charge is 0.388 e. The minimum atomic E-state index is 0.591. The zero-order valence-electron chi connectivity index (χ0n) is 10.5. The Hall–Kier alpha value is -0.460. The molecule has 0 aromatic heterocycles. The third-order valence-corrected chi connectivity index (χ3v) is 3.21. The first-order chi connectivity index (χ1) is 6.49. The molecule has 0 aromatic rings. The SMILES string of the molecule is C=CNC(CCC(C)C(C)C)C(C)C. The van der Waals surface area contributed by atoms with Gasteiger partial charge in [-0.15, -0.1) is 0 Å². The van der Waals surface area contributed by atoms with Crippen LogP contribution in [0, 0.1) is 17.8 Å². The van der Waals surface area contributed by atoms with Crippen molar-refractivity contribution in [2.75, 3.05) is 0 Å². The maximum atomic E-state index is 3.73. The van der Waals surface area contributed by atoms with Crippen LogP contribution in [0.4, 0.5) is 0 Å². The van der Waals surface area contributed by atoms with E-state index in [1.807, 2.05) is 6.20 Å². The zero-order chi connectivity index (χ0) is 11.1. The second-order valence-electron chi connectivity index (χ2n) is 5.02. The van der Waals surface area contributed by atoms with E-state index in [2.05, 4.69) is 46.5 Å². The monoisotopic (exact) mass is 197 g/mol. The second kappa shape index (κ2) is 6.92. The Morgan fingerprint density at radius 2 is 1.57 bits per heavy atom. The van der Waals surface area contributed by atoms with Crippen LogP contribution in [0.2, 0.25) is 0 Å². The third kappa shape index (κ3) is 5.31. The summed E-state index contributed by atoms with van der Waals surface area (Å²) in [6, 6.07) is 0.591. The van der Waals surface area contributed by atoms with Crippen LogP contribution in [0.1, 0.15) is 47.5 Å². The van der Waals surface area contributed by atoms with Gasteiger partial charge in [-0.05, 0) is 36.8 Å². The minimum absolute atomic E-state index is 0.591. The van der Waals surface area contributed by atoms with Gasteiger partial charge >= 0.3 is 0 Å². The number of rotatable bonds is 7. The summed E-state index contributed by atoms with van der Waals surface area (Å²) >= 11 is 0. The van der Waals surface area contributed by atoms with Crippen LogP contribution >= 0.6 is 0 Å². The summed E-state index contributed by atoms with van der Waals surface area (Å²) in [5, 5.41) is 3.34. The van der Waals surface area contributed by atoms with E-state index in [1.165, 1.54) is 12.8 Å². The fraction of sp³-hybridized carbons (Fsp3) is 0.846. The van der Waals surface area contributed by atoms with E-state index in [4.69, 9.17) is 0 Å². The lowest BCUT2D eigenvalue weighted by molar-refractivity contribution is 0.328. The molecule has 0 radical (unpaired) electrons. The van der Waals surface area contributed by atoms with Crippen LogP contribution in [0.15, 0.2) is 12.8 Å². The van der Waals surface area contributed by atoms with Crippen molar-refractivity contribution in [3.8, 4) is 0 Å². The predicted molar refractivity (Wildman–Crippen MR) is 65.2 cm³/mol. The topological polar surface area (TPSA) is 12.0 Å². The standard InChI is InChI=1S/C13H27N/c1-7-14-13(11(4)5)9-8-12(6)10(2)3/h7,10-14H,1,8-9H2,2-6H3. The van der Waals surface area contributed by atoms with Crippen molar-refractivity contribution in [2.24, 2.45) is 17.8 Å². The first-order valence-electron chi connectivity index (χ1n) is 5.86. The van der Waals surface area contributed by atoms with Crippen molar-refractivity contribution in [3.05, 3.63) is 12.8 Å². The van der Waals surface area contributed by atoms with Crippen molar-refractivity contribution in [1.29, 1.82) is 0 Å². The van der Waals surface area contributed by atoms with Gasteiger partial charge in [0, 0.05) is 6.04 Å². The molecule has 0 rings (SSSR count). The van der Waals surface area contributed by atoms with Crippen LogP contribution < -0.4 is 5.32 Å². The van der Waals surface area contributed by atoms with Gasteiger partial charge in [-0.1, -0.05) is 41.2 Å². The number of hydrogen-bond donors (Lipinski definition) is 1. The molecule has 0 heterocycles. The average Bonchev–Trinajstić information content (AvgIpc) is 2.10. The summed E-state index contributed by atoms with van der Waals surface area (Å²) in [4.78, 5) is 0. The van der Waals surface area contributed by atoms with E-state index in [0.717, 1.165) is 11.8 Å². The van der Waals surface area contributed by atoms with Crippen molar-refractivity contribution in [1.82, 2.24) is 5.32 Å². The van der Waals surface area contributed by atoms with Crippen LogP contribution in [-0.2, 0) is 0 Å². The van der Waals surface area contributed by atoms with Gasteiger partial charge in [-0.2, -0.15) is 0 Å². The molecule has 1 heteroatoms. The molecule has 2 atom stereocenters. The van der Waals surface area contributed by atoms with Crippen LogP contribution in [0.25, 0.3) is 0 Å². The summed E-state index contributed by atoms with van der Waals surface area (Å²) in [5.41, 5.74) is 0. The Bertz CT molecular complexity index is 149. The average molecular weight is 197 g/mol. The van der Waals surface area contributed by atoms with E-state index < -0.39 is 0 Å². The Morgan fingerprint density at radius 3 is 1.93 bits per heavy atom. The van der Waals surface area contributed by atoms with Gasteiger partial charge in [0.2, 0.25) is 0 Å². The van der Waals surface area contributed by atoms with Crippen molar-refractivity contribution in [3.63, 3.8) is 0 Å². The van der Waals surface area contributed by atoms with E-state index in [-0.39, 0.29) is 0 Å². The summed E-state index contributed by atoms with van der Waals surface area (Å²) in [7, 11) is 0. The number of hydrogen-bond acceptors (Lipinski definition) is 1. The molecule has 0 aliphatic heterocycles. The highest BCUT2D eigenvalue weighted by Gasteiger charge is 2.14. The van der Waals surface area contributed by atoms with Gasteiger partial charge in [0.1, 0.15) is 0 Å². The molecule has 0 fully saturated rings. The minimum Gasteiger partial charge on any atom is -0.388 e. The fourth-order valence-corrected chi connectivity index (χ4v) is 1.54. The molecule has 2 unspecified atom stereocenters. The highest BCUT2D eigenvalue weighted by atomic mass is 14.9. The van der Waals surface area contributed by atoms with Gasteiger partial charge in [0.15, 0.2) is 0 Å². The van der Waals surface area contributed by atoms with Gasteiger partial charge in [-0.25, -0.2) is 0 Å². The molecule has 0 aromatic carbocycles. The molecule has 0 saturated carbocycles. The second-order valence-corrected chi connectivity index (χ2v) is 5.02. The normalized spacial score (nSPS) is 15.6. The predicted octanol–water partition coefficient (Wildman–Crippen LogP) is 3.82. The van der Waals surface area contributed by atoms with Crippen LogP contribution in [0.3, 0.4) is 0 Å². The molecule has 0 aliphatic rings. The summed E-state index contributed by atoms with van der Waals surface area (Å²) in [6.45, 7) is 15.2. The molecular weight excluding hydrogens is 170 g/mol. The molecular formula is C13H27N. The lowest BCUT2D eigenvalue weighted by Gasteiger charge is -2.24. The molecule has 1 nitrogen and oxygen atoms in total. The van der Waals surface area contributed by atoms with Crippen molar-refractivity contribution >= 4 is 0 Å². The number of nitrogens with one attached hydrogen (secondary N) is 1. The quantitative estimate of drug-likeness (QED) is 0.654. The van der Waals surface area contributed by atoms with Crippen LogP contribution in [-0.4, -0.2) is 6.04 Å². The first-order valence-corrected chi connectivity index (χ1v) is 5.86. The molecule has 0 bridgehead atoms. The summed E-state index contributed by atoms with van der Waals surface area (Å²) in [6.07, 6.45) is 4.38. The smallest absolute Gasteiger partial charge is 0.0278 e. The molecule has 84 valence electrons. The van der Waals surface area contributed by atoms with E-state index in [9.17, 15) is 0 Å². The molecule has 1 N–H and O–H groups in total. The maximum absolute atomic E-state index is 3.73. The lowest BCUT2D eigenvalue weighted by atomic mass is 9.89. The maximum Gasteiger partial charge on any atom is 0.0278 e. The summed E-state index contributed by atoms with van der Waals surface area (Å²) in [5.74, 6) is 2.31. The Kier molecular flexibility index (Phi) is 6.69. The zero-order valence-corrected chi connectivity index (χ0v) is 10.5. The lowest BCUT2D eigenvalue weighted by Crippen LogP contribution is -2.30. The molecule has 0 spiro atoms. The summed E-state index contributed by atoms with van der Waals surface area (Å²) < 4.78 is 0. The molecule has 0 amide bonds. The Labute approximate surface area is 90.0 Å². The third-order valence-electron chi connectivity index (χ3n) is 3.21. The van der Waals surface area contributed by atoms with E-state index >= 15 is 0 Å². The van der Waals surface area contributed by atoms with Gasteiger partial charge in [0.05, 0.1) is 0 Å². The molecule has 0 saturated heterocycles. The van der Waals surface area contributed by atoms with Gasteiger partial charge in [0.25, 0.3) is 0 Å². The van der Waals surface area contributed by atoms with Gasteiger partial charge in [-0.3, -0.25) is 0 Å². The molecule has 14 heavy (non-hydrogen) atoms. The van der Waals surface area contributed by atoms with Gasteiger partial charge < -0.3 is 5.32 Å². The fourth-order valence-electron chi connectivity index (χ4n) is 1.54. The highest BCUT2D eigenvalue weighted by molar-refractivity contribution is 4.77. The first kappa shape index (κ1) is 13.5. The van der Waals surface area contributed by atoms with E-state index in [1.54, 1.807) is 0 Å². The van der Waals surface area contributed by atoms with Crippen molar-refractivity contribution in [2.45, 2.75) is 53.5 Å².